The normalized spacial score (nSPS) is 16.4. The van der Waals surface area contributed by atoms with Gasteiger partial charge < -0.3 is 10.2 Å². The fraction of sp³-hybridized carbons (Fsp3) is 0.375. The second kappa shape index (κ2) is 7.58. The zero-order chi connectivity index (χ0) is 17.8. The van der Waals surface area contributed by atoms with Crippen molar-refractivity contribution in [2.45, 2.75) is 13.0 Å². The van der Waals surface area contributed by atoms with Gasteiger partial charge in [0, 0.05) is 43.8 Å². The van der Waals surface area contributed by atoms with Crippen molar-refractivity contribution in [3.8, 4) is 0 Å². The van der Waals surface area contributed by atoms with E-state index >= 15 is 0 Å². The molecule has 9 heteroatoms. The van der Waals surface area contributed by atoms with Crippen LogP contribution in [0.25, 0.3) is 0 Å². The second-order valence-electron chi connectivity index (χ2n) is 5.78. The van der Waals surface area contributed by atoms with Gasteiger partial charge in [0.1, 0.15) is 5.69 Å². The van der Waals surface area contributed by atoms with Gasteiger partial charge in [-0.3, -0.25) is 19.8 Å². The summed E-state index contributed by atoms with van der Waals surface area (Å²) in [6.45, 7) is 4.91. The number of piperazine rings is 1. The molecular weight excluding hydrogens is 342 g/mol. The van der Waals surface area contributed by atoms with Gasteiger partial charge in [0.25, 0.3) is 5.69 Å². The van der Waals surface area contributed by atoms with Crippen LogP contribution in [0.3, 0.4) is 0 Å². The molecule has 2 heterocycles. The lowest BCUT2D eigenvalue weighted by atomic mass is 10.2. The molecule has 0 spiro atoms. The Labute approximate surface area is 149 Å². The summed E-state index contributed by atoms with van der Waals surface area (Å²) in [5.41, 5.74) is 0.127. The summed E-state index contributed by atoms with van der Waals surface area (Å²) < 4.78 is 0. The summed E-state index contributed by atoms with van der Waals surface area (Å²) in [5, 5.41) is 16.7. The molecule has 1 aromatic carbocycles. The molecule has 1 fully saturated rings. The average Bonchev–Trinajstić information content (AvgIpc) is 3.16. The SMILES string of the molecule is CC(C(=O)Nc1ccccc1[N+](=O)[O-])N1CCN(c2nccs2)CC1. The number of carbonyl (C=O) groups is 1. The van der Waals surface area contributed by atoms with Gasteiger partial charge in [-0.1, -0.05) is 12.1 Å². The molecule has 0 bridgehead atoms. The predicted octanol–water partition coefficient (Wildman–Crippen LogP) is 2.20. The topological polar surface area (TPSA) is 91.6 Å². The van der Waals surface area contributed by atoms with E-state index in [1.54, 1.807) is 35.7 Å². The van der Waals surface area contributed by atoms with Crippen LogP contribution < -0.4 is 10.2 Å². The summed E-state index contributed by atoms with van der Waals surface area (Å²) in [5.74, 6) is -0.239. The van der Waals surface area contributed by atoms with Crippen LogP contribution in [0.5, 0.6) is 0 Å². The minimum atomic E-state index is -0.493. The Morgan fingerprint density at radius 2 is 2.04 bits per heavy atom. The van der Waals surface area contributed by atoms with E-state index < -0.39 is 4.92 Å². The molecular formula is C16H19N5O3S. The molecule has 132 valence electrons. The standard InChI is InChI=1S/C16H19N5O3S/c1-12(15(22)18-13-4-2-3-5-14(13)21(23)24)19-7-9-20(10-8-19)16-17-6-11-25-16/h2-6,11-12H,7-10H2,1H3,(H,18,22). The van der Waals surface area contributed by atoms with Crippen molar-refractivity contribution in [3.05, 3.63) is 46.0 Å². The number of nitrogens with zero attached hydrogens (tertiary/aromatic N) is 4. The van der Waals surface area contributed by atoms with Gasteiger partial charge in [-0.15, -0.1) is 11.3 Å². The van der Waals surface area contributed by atoms with Crippen molar-refractivity contribution >= 4 is 33.8 Å². The Morgan fingerprint density at radius 3 is 2.68 bits per heavy atom. The van der Waals surface area contributed by atoms with E-state index in [2.05, 4.69) is 20.1 Å². The Hall–Kier alpha value is -2.52. The van der Waals surface area contributed by atoms with Crippen LogP contribution in [0.2, 0.25) is 0 Å². The first-order chi connectivity index (χ1) is 12.1. The van der Waals surface area contributed by atoms with Gasteiger partial charge in [0.2, 0.25) is 5.91 Å². The molecule has 0 radical (unpaired) electrons. The number of amides is 1. The number of hydrogen-bond donors (Lipinski definition) is 1. The van der Waals surface area contributed by atoms with Gasteiger partial charge >= 0.3 is 0 Å². The smallest absolute Gasteiger partial charge is 0.292 e. The van der Waals surface area contributed by atoms with Crippen molar-refractivity contribution in [2.75, 3.05) is 36.4 Å². The van der Waals surface area contributed by atoms with E-state index in [0.717, 1.165) is 31.3 Å². The van der Waals surface area contributed by atoms with E-state index in [-0.39, 0.29) is 23.3 Å². The maximum absolute atomic E-state index is 12.5. The molecule has 1 aliphatic rings. The quantitative estimate of drug-likeness (QED) is 0.648. The molecule has 1 amide bonds. The third-order valence-electron chi connectivity index (χ3n) is 4.29. The number of aromatic nitrogens is 1. The molecule has 0 saturated carbocycles. The molecule has 1 aliphatic heterocycles. The number of carbonyl (C=O) groups excluding carboxylic acids is 1. The summed E-state index contributed by atoms with van der Waals surface area (Å²) in [7, 11) is 0. The molecule has 1 saturated heterocycles. The average molecular weight is 361 g/mol. The Morgan fingerprint density at radius 1 is 1.32 bits per heavy atom. The maximum atomic E-state index is 12.5. The molecule has 3 rings (SSSR count). The first-order valence-electron chi connectivity index (χ1n) is 7.99. The number of nitro benzene ring substituents is 1. The van der Waals surface area contributed by atoms with Crippen LogP contribution in [0.4, 0.5) is 16.5 Å². The van der Waals surface area contributed by atoms with Crippen LogP contribution in [-0.4, -0.2) is 52.9 Å². The van der Waals surface area contributed by atoms with Crippen LogP contribution in [0.1, 0.15) is 6.92 Å². The fourth-order valence-electron chi connectivity index (χ4n) is 2.81. The van der Waals surface area contributed by atoms with Crippen molar-refractivity contribution in [2.24, 2.45) is 0 Å². The molecule has 25 heavy (non-hydrogen) atoms. The van der Waals surface area contributed by atoms with Gasteiger partial charge in [0.15, 0.2) is 5.13 Å². The summed E-state index contributed by atoms with van der Waals surface area (Å²) in [4.78, 5) is 31.7. The first-order valence-corrected chi connectivity index (χ1v) is 8.87. The lowest BCUT2D eigenvalue weighted by molar-refractivity contribution is -0.383. The Balaban J connectivity index is 1.59. The monoisotopic (exact) mass is 361 g/mol. The van der Waals surface area contributed by atoms with Crippen molar-refractivity contribution in [3.63, 3.8) is 0 Å². The van der Waals surface area contributed by atoms with Gasteiger partial charge in [-0.25, -0.2) is 4.98 Å². The minimum Gasteiger partial charge on any atom is -0.346 e. The highest BCUT2D eigenvalue weighted by atomic mass is 32.1. The second-order valence-corrected chi connectivity index (χ2v) is 6.65. The number of benzene rings is 1. The fourth-order valence-corrected chi connectivity index (χ4v) is 3.51. The number of anilines is 2. The highest BCUT2D eigenvalue weighted by Crippen LogP contribution is 2.24. The number of thiazole rings is 1. The molecule has 1 atom stereocenters. The van der Waals surface area contributed by atoms with Crippen LogP contribution in [-0.2, 0) is 4.79 Å². The molecule has 1 N–H and O–H groups in total. The van der Waals surface area contributed by atoms with E-state index in [0.29, 0.717) is 0 Å². The Kier molecular flexibility index (Phi) is 5.25. The lowest BCUT2D eigenvalue weighted by Crippen LogP contribution is -2.52. The van der Waals surface area contributed by atoms with Gasteiger partial charge in [-0.05, 0) is 13.0 Å². The summed E-state index contributed by atoms with van der Waals surface area (Å²) in [6, 6.07) is 5.81. The molecule has 1 unspecified atom stereocenters. The van der Waals surface area contributed by atoms with Crippen LogP contribution >= 0.6 is 11.3 Å². The minimum absolute atomic E-state index is 0.100. The number of nitro groups is 1. The number of rotatable bonds is 5. The van der Waals surface area contributed by atoms with Crippen molar-refractivity contribution in [1.29, 1.82) is 0 Å². The van der Waals surface area contributed by atoms with Crippen molar-refractivity contribution < 1.29 is 9.72 Å². The number of nitrogens with one attached hydrogen (secondary N) is 1. The summed E-state index contributed by atoms with van der Waals surface area (Å²) >= 11 is 1.60. The van der Waals surface area contributed by atoms with Crippen LogP contribution in [0, 0.1) is 10.1 Å². The predicted molar refractivity (Wildman–Crippen MR) is 97.1 cm³/mol. The first kappa shape index (κ1) is 17.3. The number of hydrogen-bond acceptors (Lipinski definition) is 7. The Bertz CT molecular complexity index is 744. The summed E-state index contributed by atoms with van der Waals surface area (Å²) in [6.07, 6.45) is 1.79. The highest BCUT2D eigenvalue weighted by molar-refractivity contribution is 7.13. The van der Waals surface area contributed by atoms with E-state index in [1.807, 2.05) is 12.3 Å². The molecule has 8 nitrogen and oxygen atoms in total. The molecule has 0 aliphatic carbocycles. The third-order valence-corrected chi connectivity index (χ3v) is 5.12. The zero-order valence-electron chi connectivity index (χ0n) is 13.8. The van der Waals surface area contributed by atoms with E-state index in [1.165, 1.54) is 6.07 Å². The zero-order valence-corrected chi connectivity index (χ0v) is 14.6. The molecule has 2 aromatic rings. The van der Waals surface area contributed by atoms with E-state index in [4.69, 9.17) is 0 Å². The third kappa shape index (κ3) is 3.94. The van der Waals surface area contributed by atoms with Crippen molar-refractivity contribution in [1.82, 2.24) is 9.88 Å². The maximum Gasteiger partial charge on any atom is 0.292 e. The largest absolute Gasteiger partial charge is 0.346 e. The lowest BCUT2D eigenvalue weighted by Gasteiger charge is -2.37. The number of para-hydroxylation sites is 2. The highest BCUT2D eigenvalue weighted by Gasteiger charge is 2.27. The van der Waals surface area contributed by atoms with Gasteiger partial charge in [-0.2, -0.15) is 0 Å². The van der Waals surface area contributed by atoms with E-state index in [9.17, 15) is 14.9 Å². The van der Waals surface area contributed by atoms with Gasteiger partial charge in [0.05, 0.1) is 11.0 Å². The van der Waals surface area contributed by atoms with Crippen LogP contribution in [0.15, 0.2) is 35.8 Å². The molecule has 1 aromatic heterocycles.